The third-order valence-corrected chi connectivity index (χ3v) is 7.80. The van der Waals surface area contributed by atoms with E-state index in [0.717, 1.165) is 61.2 Å². The molecule has 1 aliphatic carbocycles. The molecule has 0 saturated carbocycles. The van der Waals surface area contributed by atoms with Gasteiger partial charge in [-0.1, -0.05) is 13.0 Å². The van der Waals surface area contributed by atoms with Gasteiger partial charge in [-0.25, -0.2) is 8.42 Å². The number of nitrogens with zero attached hydrogens (tertiary/aromatic N) is 1. The summed E-state index contributed by atoms with van der Waals surface area (Å²) in [4.78, 5) is 14.1. The highest BCUT2D eigenvalue weighted by Crippen LogP contribution is 2.37. The Morgan fingerprint density at radius 3 is 2.47 bits per heavy atom. The number of sulfonamides is 1. The van der Waals surface area contributed by atoms with Crippen LogP contribution in [0.2, 0.25) is 0 Å². The van der Waals surface area contributed by atoms with Gasteiger partial charge in [0, 0.05) is 24.7 Å². The fraction of sp³-hybridized carbons (Fsp3) is 0.435. The van der Waals surface area contributed by atoms with Crippen molar-refractivity contribution >= 4 is 21.6 Å². The molecule has 4 rings (SSSR count). The summed E-state index contributed by atoms with van der Waals surface area (Å²) in [6.45, 7) is 2.61. The summed E-state index contributed by atoms with van der Waals surface area (Å²) in [5, 5.41) is 0. The van der Waals surface area contributed by atoms with Gasteiger partial charge in [-0.3, -0.25) is 9.52 Å². The summed E-state index contributed by atoms with van der Waals surface area (Å²) in [5.41, 5.74) is 1.59. The number of fused-ring (bicyclic) bond motifs is 2. The van der Waals surface area contributed by atoms with Crippen LogP contribution in [-0.4, -0.2) is 31.8 Å². The SMILES string of the molecule is CCC(=O)N1CCC[C@H]2Cc3ccc(NS(=O)(=O)c4ccc(C(F)(F)F)cc4)cc3C[C@@H]21. The molecule has 0 bridgehead atoms. The number of amides is 1. The molecule has 0 spiro atoms. The lowest BCUT2D eigenvalue weighted by atomic mass is 9.75. The minimum absolute atomic E-state index is 0.116. The zero-order chi connectivity index (χ0) is 23.1. The normalized spacial score (nSPS) is 20.9. The number of carbonyl (C=O) groups excluding carboxylic acids is 1. The Kier molecular flexibility index (Phi) is 5.96. The molecule has 2 aliphatic rings. The Hall–Kier alpha value is -2.55. The average Bonchev–Trinajstić information content (AvgIpc) is 2.76. The molecule has 0 aromatic heterocycles. The number of rotatable bonds is 4. The number of hydrogen-bond donors (Lipinski definition) is 1. The van der Waals surface area contributed by atoms with E-state index in [1.165, 1.54) is 0 Å². The number of benzene rings is 2. The first-order valence-electron chi connectivity index (χ1n) is 10.7. The van der Waals surface area contributed by atoms with Crippen LogP contribution in [-0.2, 0) is 33.8 Å². The Morgan fingerprint density at radius 2 is 1.81 bits per heavy atom. The number of likely N-dealkylation sites (tertiary alicyclic amines) is 1. The molecule has 32 heavy (non-hydrogen) atoms. The fourth-order valence-electron chi connectivity index (χ4n) is 4.79. The van der Waals surface area contributed by atoms with Crippen LogP contribution in [0.4, 0.5) is 18.9 Å². The molecule has 1 N–H and O–H groups in total. The first-order valence-corrected chi connectivity index (χ1v) is 12.2. The molecule has 1 aliphatic heterocycles. The predicted octanol–water partition coefficient (Wildman–Crippen LogP) is 4.62. The summed E-state index contributed by atoms with van der Waals surface area (Å²) in [6, 6.07) is 8.87. The van der Waals surface area contributed by atoms with Crippen molar-refractivity contribution < 1.29 is 26.4 Å². The molecule has 0 radical (unpaired) electrons. The van der Waals surface area contributed by atoms with Crippen molar-refractivity contribution in [2.45, 2.75) is 56.1 Å². The third kappa shape index (κ3) is 4.48. The number of nitrogens with one attached hydrogen (secondary N) is 1. The Balaban J connectivity index is 1.55. The maximum atomic E-state index is 12.8. The highest BCUT2D eigenvalue weighted by molar-refractivity contribution is 7.92. The molecule has 9 heteroatoms. The molecular formula is C23H25F3N2O3S. The van der Waals surface area contributed by atoms with Crippen LogP contribution >= 0.6 is 0 Å². The van der Waals surface area contributed by atoms with Gasteiger partial charge in [0.2, 0.25) is 5.91 Å². The molecule has 1 amide bonds. The molecule has 2 aromatic carbocycles. The van der Waals surface area contributed by atoms with Crippen molar-refractivity contribution in [2.75, 3.05) is 11.3 Å². The van der Waals surface area contributed by atoms with Gasteiger partial charge in [0.15, 0.2) is 0 Å². The Morgan fingerprint density at radius 1 is 1.09 bits per heavy atom. The van der Waals surface area contributed by atoms with Crippen molar-refractivity contribution in [3.63, 3.8) is 0 Å². The zero-order valence-corrected chi connectivity index (χ0v) is 18.5. The summed E-state index contributed by atoms with van der Waals surface area (Å²) in [6.07, 6.45) is -0.491. The molecular weight excluding hydrogens is 441 g/mol. The van der Waals surface area contributed by atoms with Crippen molar-refractivity contribution in [3.05, 3.63) is 59.2 Å². The number of hydrogen-bond acceptors (Lipinski definition) is 3. The van der Waals surface area contributed by atoms with E-state index < -0.39 is 21.8 Å². The fourth-order valence-corrected chi connectivity index (χ4v) is 5.84. The molecule has 1 fully saturated rings. The van der Waals surface area contributed by atoms with Gasteiger partial charge in [0.1, 0.15) is 0 Å². The number of alkyl halides is 3. The van der Waals surface area contributed by atoms with Gasteiger partial charge in [-0.2, -0.15) is 13.2 Å². The minimum Gasteiger partial charge on any atom is -0.339 e. The second kappa shape index (κ2) is 8.42. The topological polar surface area (TPSA) is 66.5 Å². The molecule has 1 saturated heterocycles. The number of carbonyl (C=O) groups is 1. The number of halogens is 3. The van der Waals surface area contributed by atoms with Gasteiger partial charge >= 0.3 is 6.18 Å². The summed E-state index contributed by atoms with van der Waals surface area (Å²) in [7, 11) is -4.04. The maximum Gasteiger partial charge on any atom is 0.416 e. The summed E-state index contributed by atoms with van der Waals surface area (Å²) in [5.74, 6) is 0.545. The van der Waals surface area contributed by atoms with E-state index in [-0.39, 0.29) is 16.8 Å². The van der Waals surface area contributed by atoms with E-state index in [2.05, 4.69) is 4.72 Å². The van der Waals surface area contributed by atoms with E-state index >= 15 is 0 Å². The van der Waals surface area contributed by atoms with Crippen LogP contribution in [0.1, 0.15) is 42.9 Å². The lowest BCUT2D eigenvalue weighted by molar-refractivity contribution is -0.138. The largest absolute Gasteiger partial charge is 0.416 e. The quantitative estimate of drug-likeness (QED) is 0.715. The highest BCUT2D eigenvalue weighted by atomic mass is 32.2. The van der Waals surface area contributed by atoms with Gasteiger partial charge < -0.3 is 4.90 Å². The zero-order valence-electron chi connectivity index (χ0n) is 17.7. The lowest BCUT2D eigenvalue weighted by Crippen LogP contribution is -2.51. The first-order chi connectivity index (χ1) is 15.1. The van der Waals surface area contributed by atoms with Crippen LogP contribution in [0.15, 0.2) is 47.4 Å². The summed E-state index contributed by atoms with van der Waals surface area (Å²) < 4.78 is 66.1. The lowest BCUT2D eigenvalue weighted by Gasteiger charge is -2.44. The van der Waals surface area contributed by atoms with Crippen LogP contribution < -0.4 is 4.72 Å². The summed E-state index contributed by atoms with van der Waals surface area (Å²) >= 11 is 0. The van der Waals surface area contributed by atoms with Gasteiger partial charge in [-0.15, -0.1) is 0 Å². The van der Waals surface area contributed by atoms with Gasteiger partial charge in [0.25, 0.3) is 10.0 Å². The van der Waals surface area contributed by atoms with Crippen molar-refractivity contribution in [2.24, 2.45) is 5.92 Å². The average molecular weight is 467 g/mol. The number of piperidine rings is 1. The first kappa shape index (κ1) is 22.6. The molecule has 172 valence electrons. The van der Waals surface area contributed by atoms with E-state index in [1.807, 2.05) is 17.9 Å². The molecule has 5 nitrogen and oxygen atoms in total. The Labute approximate surface area is 185 Å². The van der Waals surface area contributed by atoms with Crippen molar-refractivity contribution in [1.29, 1.82) is 0 Å². The molecule has 2 atom stereocenters. The highest BCUT2D eigenvalue weighted by Gasteiger charge is 2.37. The van der Waals surface area contributed by atoms with Crippen LogP contribution in [0.25, 0.3) is 0 Å². The van der Waals surface area contributed by atoms with E-state index in [4.69, 9.17) is 0 Å². The standard InChI is InChI=1S/C23H25F3N2O3S/c1-2-22(29)28-11-3-4-16-12-15-5-8-19(13-17(15)14-21(16)28)27-32(30,31)20-9-6-18(7-10-20)23(24,25)26/h5-10,13,16,21,27H,2-4,11-12,14H2,1H3/t16-,21-/m0/s1. The minimum atomic E-state index is -4.53. The van der Waals surface area contributed by atoms with E-state index in [9.17, 15) is 26.4 Å². The third-order valence-electron chi connectivity index (χ3n) is 6.40. The Bertz CT molecular complexity index is 1110. The second-order valence-corrected chi connectivity index (χ2v) is 10.1. The van der Waals surface area contributed by atoms with Crippen LogP contribution in [0.5, 0.6) is 0 Å². The van der Waals surface area contributed by atoms with Gasteiger partial charge in [0.05, 0.1) is 10.5 Å². The second-order valence-electron chi connectivity index (χ2n) is 8.43. The van der Waals surface area contributed by atoms with Gasteiger partial charge in [-0.05, 0) is 79.1 Å². The van der Waals surface area contributed by atoms with Crippen LogP contribution in [0.3, 0.4) is 0 Å². The van der Waals surface area contributed by atoms with E-state index in [1.54, 1.807) is 12.1 Å². The van der Waals surface area contributed by atoms with Crippen molar-refractivity contribution in [3.8, 4) is 0 Å². The molecule has 0 unspecified atom stereocenters. The molecule has 1 heterocycles. The maximum absolute atomic E-state index is 12.8. The van der Waals surface area contributed by atoms with Crippen LogP contribution in [0, 0.1) is 5.92 Å². The smallest absolute Gasteiger partial charge is 0.339 e. The molecule has 2 aromatic rings. The monoisotopic (exact) mass is 466 g/mol. The number of anilines is 1. The predicted molar refractivity (Wildman–Crippen MR) is 115 cm³/mol. The van der Waals surface area contributed by atoms with E-state index in [0.29, 0.717) is 24.4 Å². The van der Waals surface area contributed by atoms with Crippen molar-refractivity contribution in [1.82, 2.24) is 4.90 Å².